The van der Waals surface area contributed by atoms with E-state index in [4.69, 9.17) is 10.5 Å². The third-order valence-electron chi connectivity index (χ3n) is 5.13. The number of nitrogens with zero attached hydrogens (tertiary/aromatic N) is 1. The molecule has 27 heavy (non-hydrogen) atoms. The van der Waals surface area contributed by atoms with Crippen molar-refractivity contribution in [2.45, 2.75) is 25.7 Å². The number of carbonyl (C=O) groups excluding carboxylic acids is 1. The van der Waals surface area contributed by atoms with E-state index in [1.54, 1.807) is 0 Å². The molecule has 4 nitrogen and oxygen atoms in total. The van der Waals surface area contributed by atoms with Gasteiger partial charge in [-0.25, -0.2) is 0 Å². The molecular formula is C22H29ClN2O2. The van der Waals surface area contributed by atoms with E-state index < -0.39 is 0 Å². The van der Waals surface area contributed by atoms with Crippen LogP contribution < -0.4 is 10.5 Å². The Kier molecular flexibility index (Phi) is 8.14. The maximum absolute atomic E-state index is 12.9. The fourth-order valence-electron chi connectivity index (χ4n) is 3.56. The number of ether oxygens (including phenoxy) is 1. The van der Waals surface area contributed by atoms with Gasteiger partial charge < -0.3 is 15.4 Å². The molecule has 2 aromatic carbocycles. The lowest BCUT2D eigenvalue weighted by atomic mass is 9.89. The van der Waals surface area contributed by atoms with Gasteiger partial charge in [0.15, 0.2) is 0 Å². The molecule has 0 aliphatic carbocycles. The number of carbonyl (C=O) groups is 1. The van der Waals surface area contributed by atoms with E-state index in [1.165, 1.54) is 5.56 Å². The topological polar surface area (TPSA) is 55.6 Å². The van der Waals surface area contributed by atoms with E-state index in [0.717, 1.165) is 25.1 Å². The van der Waals surface area contributed by atoms with Crippen molar-refractivity contribution < 1.29 is 9.53 Å². The van der Waals surface area contributed by atoms with Crippen LogP contribution in [0.15, 0.2) is 54.6 Å². The first-order chi connectivity index (χ1) is 12.7. The lowest BCUT2D eigenvalue weighted by Gasteiger charge is -2.17. The van der Waals surface area contributed by atoms with Crippen molar-refractivity contribution >= 4 is 18.3 Å². The van der Waals surface area contributed by atoms with Crippen LogP contribution in [0.3, 0.4) is 0 Å². The minimum absolute atomic E-state index is 0. The number of nitrogens with two attached hydrogens (primary N) is 1. The Labute approximate surface area is 168 Å². The van der Waals surface area contributed by atoms with Crippen molar-refractivity contribution in [2.24, 2.45) is 11.7 Å². The van der Waals surface area contributed by atoms with Gasteiger partial charge in [-0.3, -0.25) is 4.79 Å². The molecule has 0 bridgehead atoms. The number of halogens is 1. The quantitative estimate of drug-likeness (QED) is 0.726. The molecule has 2 N–H and O–H groups in total. The van der Waals surface area contributed by atoms with Gasteiger partial charge in [-0.15, -0.1) is 12.4 Å². The highest BCUT2D eigenvalue weighted by molar-refractivity contribution is 5.94. The van der Waals surface area contributed by atoms with Crippen molar-refractivity contribution in [3.63, 3.8) is 0 Å². The SMILES string of the molecule is CCCCOc1ccc(C(=O)N2C[C@@H](CN)[C@H](c3ccccc3)C2)cc1.Cl. The van der Waals surface area contributed by atoms with Gasteiger partial charge in [0.25, 0.3) is 5.91 Å². The Morgan fingerprint density at radius 3 is 2.44 bits per heavy atom. The smallest absolute Gasteiger partial charge is 0.253 e. The Morgan fingerprint density at radius 2 is 1.81 bits per heavy atom. The van der Waals surface area contributed by atoms with E-state index in [0.29, 0.717) is 37.1 Å². The summed E-state index contributed by atoms with van der Waals surface area (Å²) < 4.78 is 5.67. The normalized spacial score (nSPS) is 18.8. The zero-order chi connectivity index (χ0) is 18.4. The van der Waals surface area contributed by atoms with Crippen LogP contribution in [0.25, 0.3) is 0 Å². The summed E-state index contributed by atoms with van der Waals surface area (Å²) in [4.78, 5) is 14.8. The van der Waals surface area contributed by atoms with Gasteiger partial charge in [-0.1, -0.05) is 43.7 Å². The second-order valence-corrected chi connectivity index (χ2v) is 6.95. The molecule has 0 saturated carbocycles. The van der Waals surface area contributed by atoms with E-state index in [1.807, 2.05) is 47.4 Å². The van der Waals surface area contributed by atoms with Crippen LogP contribution in [0.2, 0.25) is 0 Å². The third-order valence-corrected chi connectivity index (χ3v) is 5.13. The van der Waals surface area contributed by atoms with E-state index in [9.17, 15) is 4.79 Å². The first-order valence-electron chi connectivity index (χ1n) is 9.50. The predicted molar refractivity (Wildman–Crippen MR) is 112 cm³/mol. The maximum Gasteiger partial charge on any atom is 0.253 e. The van der Waals surface area contributed by atoms with Gasteiger partial charge in [0.1, 0.15) is 5.75 Å². The van der Waals surface area contributed by atoms with Crippen LogP contribution in [0, 0.1) is 5.92 Å². The molecule has 146 valence electrons. The summed E-state index contributed by atoms with van der Waals surface area (Å²) in [6, 6.07) is 17.8. The average molecular weight is 389 g/mol. The molecule has 1 fully saturated rings. The van der Waals surface area contributed by atoms with Gasteiger partial charge in [-0.05, 0) is 48.7 Å². The molecule has 1 amide bonds. The second-order valence-electron chi connectivity index (χ2n) is 6.95. The van der Waals surface area contributed by atoms with Gasteiger partial charge in [0.05, 0.1) is 6.61 Å². The van der Waals surface area contributed by atoms with Crippen molar-refractivity contribution in [1.82, 2.24) is 4.90 Å². The number of hydrogen-bond acceptors (Lipinski definition) is 3. The summed E-state index contributed by atoms with van der Waals surface area (Å²) in [5, 5.41) is 0. The Morgan fingerprint density at radius 1 is 1.11 bits per heavy atom. The molecule has 2 atom stereocenters. The van der Waals surface area contributed by atoms with Crippen LogP contribution in [-0.2, 0) is 0 Å². The molecule has 0 unspecified atom stereocenters. The van der Waals surface area contributed by atoms with Gasteiger partial charge in [0, 0.05) is 24.6 Å². The maximum atomic E-state index is 12.9. The minimum Gasteiger partial charge on any atom is -0.494 e. The highest BCUT2D eigenvalue weighted by Gasteiger charge is 2.35. The van der Waals surface area contributed by atoms with Crippen molar-refractivity contribution in [3.8, 4) is 5.75 Å². The number of amides is 1. The van der Waals surface area contributed by atoms with Gasteiger partial charge in [-0.2, -0.15) is 0 Å². The molecule has 0 aromatic heterocycles. The number of benzene rings is 2. The van der Waals surface area contributed by atoms with Crippen molar-refractivity contribution in [2.75, 3.05) is 26.2 Å². The minimum atomic E-state index is 0. The zero-order valence-electron chi connectivity index (χ0n) is 15.8. The fourth-order valence-corrected chi connectivity index (χ4v) is 3.56. The van der Waals surface area contributed by atoms with Crippen LogP contribution in [0.4, 0.5) is 0 Å². The highest BCUT2D eigenvalue weighted by Crippen LogP contribution is 2.32. The van der Waals surface area contributed by atoms with Crippen LogP contribution in [0.1, 0.15) is 41.6 Å². The summed E-state index contributed by atoms with van der Waals surface area (Å²) in [5.74, 6) is 1.50. The predicted octanol–water partition coefficient (Wildman–Crippen LogP) is 4.10. The molecule has 1 aliphatic rings. The molecule has 0 radical (unpaired) electrons. The van der Waals surface area contributed by atoms with E-state index >= 15 is 0 Å². The Bertz CT molecular complexity index is 706. The van der Waals surface area contributed by atoms with Gasteiger partial charge in [0.2, 0.25) is 0 Å². The highest BCUT2D eigenvalue weighted by atomic mass is 35.5. The summed E-state index contributed by atoms with van der Waals surface area (Å²) in [6.45, 7) is 4.88. The molecule has 0 spiro atoms. The fraction of sp³-hybridized carbons (Fsp3) is 0.409. The van der Waals surface area contributed by atoms with E-state index in [2.05, 4.69) is 19.1 Å². The van der Waals surface area contributed by atoms with Crippen LogP contribution in [0.5, 0.6) is 5.75 Å². The van der Waals surface area contributed by atoms with Crippen LogP contribution >= 0.6 is 12.4 Å². The average Bonchev–Trinajstić information content (AvgIpc) is 3.13. The summed E-state index contributed by atoms with van der Waals surface area (Å²) >= 11 is 0. The standard InChI is InChI=1S/C22H28N2O2.ClH/c1-2-3-13-26-20-11-9-18(10-12-20)22(25)24-15-19(14-23)21(16-24)17-7-5-4-6-8-17;/h4-12,19,21H,2-3,13-16,23H2,1H3;1H/t19-,21+;/m1./s1. The summed E-state index contributed by atoms with van der Waals surface area (Å²) in [6.07, 6.45) is 2.15. The van der Waals surface area contributed by atoms with Crippen LogP contribution in [-0.4, -0.2) is 37.0 Å². The second kappa shape index (κ2) is 10.3. The van der Waals surface area contributed by atoms with Crippen molar-refractivity contribution in [1.29, 1.82) is 0 Å². The number of rotatable bonds is 7. The number of likely N-dealkylation sites (tertiary alicyclic amines) is 1. The zero-order valence-corrected chi connectivity index (χ0v) is 16.7. The lowest BCUT2D eigenvalue weighted by molar-refractivity contribution is 0.0786. The molecule has 5 heteroatoms. The first-order valence-corrected chi connectivity index (χ1v) is 9.50. The largest absolute Gasteiger partial charge is 0.494 e. The molecular weight excluding hydrogens is 360 g/mol. The first kappa shape index (κ1) is 21.3. The summed E-state index contributed by atoms with van der Waals surface area (Å²) in [5.41, 5.74) is 7.95. The Hall–Kier alpha value is -2.04. The summed E-state index contributed by atoms with van der Waals surface area (Å²) in [7, 11) is 0. The molecule has 1 aliphatic heterocycles. The third kappa shape index (κ3) is 5.24. The molecule has 3 rings (SSSR count). The van der Waals surface area contributed by atoms with Gasteiger partial charge >= 0.3 is 0 Å². The Balaban J connectivity index is 0.00000261. The van der Waals surface area contributed by atoms with E-state index in [-0.39, 0.29) is 18.3 Å². The number of unbranched alkanes of at least 4 members (excludes halogenated alkanes) is 1. The monoisotopic (exact) mass is 388 g/mol. The molecule has 1 saturated heterocycles. The lowest BCUT2D eigenvalue weighted by Crippen LogP contribution is -2.29. The molecule has 2 aromatic rings. The van der Waals surface area contributed by atoms with Crippen molar-refractivity contribution in [3.05, 3.63) is 65.7 Å². The molecule has 1 heterocycles. The number of hydrogen-bond donors (Lipinski definition) is 1.